The first kappa shape index (κ1) is 82.5. The van der Waals surface area contributed by atoms with Gasteiger partial charge in [0.25, 0.3) is 7.82 Å². The minimum absolute atomic E-state index is 0.0149. The van der Waals surface area contributed by atoms with Crippen molar-refractivity contribution in [2.45, 2.75) is 386 Å². The van der Waals surface area contributed by atoms with Gasteiger partial charge in [-0.3, -0.25) is 9.36 Å². The van der Waals surface area contributed by atoms with Crippen LogP contribution in [0.4, 0.5) is 0 Å². The van der Waals surface area contributed by atoms with Gasteiger partial charge < -0.3 is 28.8 Å². The number of unbranched alkanes of at least 4 members (excludes halogenated alkanes) is 48. The third-order valence-corrected chi connectivity index (χ3v) is 18.0. The zero-order chi connectivity index (χ0) is 61.2. The molecule has 1 amide bonds. The Morgan fingerprint density at radius 2 is 0.726 bits per heavy atom. The van der Waals surface area contributed by atoms with E-state index in [-0.39, 0.29) is 19.1 Å². The SMILES string of the molecule is CC/C=C\C/C=C\C/C=C\C/C=C\CCCCCCCCCCCCCCCCCCCCCCCCCCCCCCC(=O)NC(COP(=O)([O-])OCC[N+](C)(C)C)C(O)CCCCCCCCCCCCCCCCCCCCCCC. The molecule has 0 heterocycles. The minimum atomic E-state index is -4.58. The zero-order valence-corrected chi connectivity index (χ0v) is 57.8. The molecule has 0 aliphatic rings. The quantitative estimate of drug-likeness (QED) is 0.0272. The van der Waals surface area contributed by atoms with Crippen LogP contribution in [0.15, 0.2) is 48.6 Å². The highest BCUT2D eigenvalue weighted by Crippen LogP contribution is 2.38. The smallest absolute Gasteiger partial charge is 0.268 e. The van der Waals surface area contributed by atoms with Crippen LogP contribution >= 0.6 is 7.82 Å². The number of hydrogen-bond donors (Lipinski definition) is 2. The zero-order valence-electron chi connectivity index (χ0n) is 56.9. The summed E-state index contributed by atoms with van der Waals surface area (Å²) >= 11 is 0. The van der Waals surface area contributed by atoms with Gasteiger partial charge in [-0.05, 0) is 51.4 Å². The Labute approximate surface area is 524 Å². The number of quaternary nitrogens is 1. The van der Waals surface area contributed by atoms with Gasteiger partial charge in [0.15, 0.2) is 0 Å². The molecule has 0 aromatic carbocycles. The molecule has 0 bridgehead atoms. The fourth-order valence-corrected chi connectivity index (χ4v) is 12.1. The Morgan fingerprint density at radius 3 is 1.06 bits per heavy atom. The lowest BCUT2D eigenvalue weighted by atomic mass is 10.0. The van der Waals surface area contributed by atoms with Crippen molar-refractivity contribution in [2.24, 2.45) is 0 Å². The van der Waals surface area contributed by atoms with Gasteiger partial charge in [0.1, 0.15) is 13.2 Å². The number of aliphatic hydroxyl groups is 1. The molecule has 0 radical (unpaired) electrons. The maximum atomic E-state index is 13.1. The van der Waals surface area contributed by atoms with Crippen LogP contribution in [0.25, 0.3) is 0 Å². The number of amides is 1. The number of nitrogens with zero attached hydrogens (tertiary/aromatic N) is 1. The van der Waals surface area contributed by atoms with E-state index in [1.807, 2.05) is 21.1 Å². The number of phosphoric acid groups is 1. The topological polar surface area (TPSA) is 108 Å². The van der Waals surface area contributed by atoms with Crippen molar-refractivity contribution in [1.29, 1.82) is 0 Å². The second kappa shape index (κ2) is 65.9. The first-order valence-corrected chi connectivity index (χ1v) is 38.4. The van der Waals surface area contributed by atoms with Gasteiger partial charge in [-0.2, -0.15) is 0 Å². The van der Waals surface area contributed by atoms with E-state index < -0.39 is 20.0 Å². The lowest BCUT2D eigenvalue weighted by Gasteiger charge is -2.30. The Balaban J connectivity index is 3.87. The van der Waals surface area contributed by atoms with Gasteiger partial charge in [-0.25, -0.2) is 0 Å². The maximum Gasteiger partial charge on any atom is 0.268 e. The predicted molar refractivity (Wildman–Crippen MR) is 367 cm³/mol. The van der Waals surface area contributed by atoms with Gasteiger partial charge >= 0.3 is 0 Å². The van der Waals surface area contributed by atoms with Gasteiger partial charge in [-0.1, -0.05) is 364 Å². The number of hydrogen-bond acceptors (Lipinski definition) is 6. The summed E-state index contributed by atoms with van der Waals surface area (Å²) in [5.41, 5.74) is 0. The van der Waals surface area contributed by atoms with Crippen LogP contribution in [0.1, 0.15) is 373 Å². The van der Waals surface area contributed by atoms with Crippen LogP contribution in [0.3, 0.4) is 0 Å². The normalized spacial score (nSPS) is 13.8. The highest BCUT2D eigenvalue weighted by molar-refractivity contribution is 7.45. The van der Waals surface area contributed by atoms with Crippen molar-refractivity contribution in [3.63, 3.8) is 0 Å². The third-order valence-electron chi connectivity index (χ3n) is 17.1. The standard InChI is InChI=1S/C75H145N2O6P/c1-6-8-10-12-14-16-18-20-22-24-26-28-29-30-31-32-33-34-35-36-37-38-39-40-41-42-43-44-45-46-47-49-51-53-55-57-59-61-63-65-67-69-75(79)76-73(72-83-84(80,81)82-71-70-77(3,4)5)74(78)68-66-64-62-60-58-56-54-52-50-48-27-25-23-21-19-17-15-13-11-9-7-2/h8,10,14,16,20,22,26,28,73-74,78H,6-7,9,11-13,15,17-19,21,23-25,27,29-72H2,1-5H3,(H-,76,79,80,81)/b10-8-,16-14-,22-20-,28-26-. The summed E-state index contributed by atoms with van der Waals surface area (Å²) in [6, 6.07) is -0.800. The minimum Gasteiger partial charge on any atom is -0.756 e. The van der Waals surface area contributed by atoms with Crippen molar-refractivity contribution < 1.29 is 32.9 Å². The summed E-state index contributed by atoms with van der Waals surface area (Å²) in [6.45, 7) is 4.67. The number of phosphoric ester groups is 1. The molecule has 3 unspecified atom stereocenters. The van der Waals surface area contributed by atoms with E-state index in [4.69, 9.17) is 9.05 Å². The molecule has 0 rings (SSSR count). The molecule has 0 aromatic heterocycles. The molecule has 0 aliphatic heterocycles. The molecule has 9 heteroatoms. The Kier molecular flexibility index (Phi) is 64.7. The average Bonchev–Trinajstić information content (AvgIpc) is 3.56. The van der Waals surface area contributed by atoms with E-state index in [2.05, 4.69) is 67.8 Å². The van der Waals surface area contributed by atoms with Gasteiger partial charge in [-0.15, -0.1) is 0 Å². The van der Waals surface area contributed by atoms with Crippen LogP contribution in [-0.4, -0.2) is 68.5 Å². The summed E-state index contributed by atoms with van der Waals surface area (Å²) in [6.07, 6.45) is 89.3. The van der Waals surface area contributed by atoms with Crippen LogP contribution in [-0.2, 0) is 18.4 Å². The van der Waals surface area contributed by atoms with Crippen LogP contribution in [0, 0.1) is 0 Å². The number of allylic oxidation sites excluding steroid dienone is 8. The molecule has 2 N–H and O–H groups in total. The van der Waals surface area contributed by atoms with Gasteiger partial charge in [0.05, 0.1) is 39.9 Å². The molecular formula is C75H145N2O6P. The molecule has 0 saturated heterocycles. The van der Waals surface area contributed by atoms with Crippen molar-refractivity contribution in [2.75, 3.05) is 40.9 Å². The predicted octanol–water partition coefficient (Wildman–Crippen LogP) is 23.2. The molecular weight excluding hydrogens is 1060 g/mol. The lowest BCUT2D eigenvalue weighted by molar-refractivity contribution is -0.870. The van der Waals surface area contributed by atoms with E-state index in [9.17, 15) is 19.4 Å². The van der Waals surface area contributed by atoms with Crippen molar-refractivity contribution in [1.82, 2.24) is 5.32 Å². The summed E-state index contributed by atoms with van der Waals surface area (Å²) in [7, 11) is 1.32. The maximum absolute atomic E-state index is 13.1. The number of carbonyl (C=O) groups is 1. The average molecular weight is 1200 g/mol. The summed E-state index contributed by atoms with van der Waals surface area (Å²) in [5.74, 6) is -0.156. The van der Waals surface area contributed by atoms with Crippen LogP contribution in [0.5, 0.6) is 0 Å². The van der Waals surface area contributed by atoms with Crippen molar-refractivity contribution >= 4 is 13.7 Å². The first-order valence-electron chi connectivity index (χ1n) is 37.0. The van der Waals surface area contributed by atoms with Crippen molar-refractivity contribution in [3.05, 3.63) is 48.6 Å². The number of rotatable bonds is 69. The first-order chi connectivity index (χ1) is 41.0. The lowest BCUT2D eigenvalue weighted by Crippen LogP contribution is -2.46. The van der Waals surface area contributed by atoms with E-state index >= 15 is 0 Å². The van der Waals surface area contributed by atoms with E-state index in [0.717, 1.165) is 64.2 Å². The molecule has 0 saturated carbocycles. The molecule has 0 fully saturated rings. The van der Waals surface area contributed by atoms with Crippen LogP contribution in [0.2, 0.25) is 0 Å². The van der Waals surface area contributed by atoms with Gasteiger partial charge in [0, 0.05) is 6.42 Å². The Hall–Kier alpha value is -1.54. The number of nitrogens with one attached hydrogen (secondary N) is 1. The molecule has 0 aromatic rings. The fraction of sp³-hybridized carbons (Fsp3) is 0.880. The van der Waals surface area contributed by atoms with E-state index in [0.29, 0.717) is 23.9 Å². The molecule has 496 valence electrons. The summed E-state index contributed by atoms with van der Waals surface area (Å²) in [4.78, 5) is 25.7. The van der Waals surface area contributed by atoms with E-state index in [1.54, 1.807) is 0 Å². The molecule has 8 nitrogen and oxygen atoms in total. The monoisotopic (exact) mass is 1200 g/mol. The summed E-state index contributed by atoms with van der Waals surface area (Å²) in [5, 5.41) is 14.1. The second-order valence-electron chi connectivity index (χ2n) is 26.6. The highest BCUT2D eigenvalue weighted by atomic mass is 31.2. The fourth-order valence-electron chi connectivity index (χ4n) is 11.4. The number of aliphatic hydroxyl groups excluding tert-OH is 1. The summed E-state index contributed by atoms with van der Waals surface area (Å²) < 4.78 is 23.5. The molecule has 0 spiro atoms. The largest absolute Gasteiger partial charge is 0.756 e. The number of likely N-dealkylation sites (N-methyl/N-ethyl adjacent to an activating group) is 1. The second-order valence-corrected chi connectivity index (χ2v) is 28.0. The van der Waals surface area contributed by atoms with Crippen LogP contribution < -0.4 is 10.2 Å². The van der Waals surface area contributed by atoms with Crippen molar-refractivity contribution in [3.8, 4) is 0 Å². The molecule has 0 aliphatic carbocycles. The van der Waals surface area contributed by atoms with E-state index in [1.165, 1.54) is 283 Å². The Bertz CT molecular complexity index is 1510. The third kappa shape index (κ3) is 68.0. The van der Waals surface area contributed by atoms with Gasteiger partial charge in [0.2, 0.25) is 5.91 Å². The highest BCUT2D eigenvalue weighted by Gasteiger charge is 2.24. The Morgan fingerprint density at radius 1 is 0.429 bits per heavy atom. The molecule has 3 atom stereocenters. The number of carbonyl (C=O) groups excluding carboxylic acids is 1. The molecule has 84 heavy (non-hydrogen) atoms.